The van der Waals surface area contributed by atoms with Gasteiger partial charge in [-0.15, -0.1) is 0 Å². The predicted octanol–water partition coefficient (Wildman–Crippen LogP) is 0.624. The van der Waals surface area contributed by atoms with Crippen molar-refractivity contribution >= 4 is 0 Å². The van der Waals surface area contributed by atoms with Gasteiger partial charge in [0.05, 0.1) is 18.7 Å². The van der Waals surface area contributed by atoms with Gasteiger partial charge in [0.25, 0.3) is 0 Å². The summed E-state index contributed by atoms with van der Waals surface area (Å²) in [5.41, 5.74) is 0. The molecule has 0 fully saturated rings. The van der Waals surface area contributed by atoms with Gasteiger partial charge in [0, 0.05) is 24.8 Å². The smallest absolute Gasteiger partial charge is 0.0919 e. The fraction of sp³-hybridized carbons (Fsp3) is 0. The maximum Gasteiger partial charge on any atom is 0.0919 e. The molecule has 0 spiro atoms. The van der Waals surface area contributed by atoms with Crippen LogP contribution in [0.5, 0.6) is 0 Å². The third-order valence-corrected chi connectivity index (χ3v) is 1.14. The van der Waals surface area contributed by atoms with Gasteiger partial charge in [0.1, 0.15) is 0 Å². The molecule has 0 unspecified atom stereocenters. The van der Waals surface area contributed by atoms with Crippen molar-refractivity contribution in [2.45, 2.75) is 0 Å². The van der Waals surface area contributed by atoms with Gasteiger partial charge in [0.15, 0.2) is 0 Å². The highest BCUT2D eigenvalue weighted by atomic mass is 15.3. The van der Waals surface area contributed by atoms with Crippen LogP contribution < -0.4 is 0 Å². The Morgan fingerprint density at radius 3 is 1.87 bits per heavy atom. The van der Waals surface area contributed by atoms with Crippen LogP contribution in [0.25, 0.3) is 0 Å². The molecule has 0 saturated carbocycles. The van der Waals surface area contributed by atoms with Crippen molar-refractivity contribution in [1.82, 2.24) is 35.6 Å². The molecule has 3 N–H and O–H groups in total. The first kappa shape index (κ1) is 10.6. The van der Waals surface area contributed by atoms with E-state index in [9.17, 15) is 0 Å². The Kier molecular flexibility index (Phi) is 5.80. The summed E-state index contributed by atoms with van der Waals surface area (Å²) in [5, 5.41) is 15.5. The Labute approximate surface area is 86.0 Å². The summed E-state index contributed by atoms with van der Waals surface area (Å²) < 4.78 is 0. The molecule has 3 rings (SSSR count). The lowest BCUT2D eigenvalue weighted by Crippen LogP contribution is -1.61. The average Bonchev–Trinajstić information content (AvgIpc) is 3.09. The lowest BCUT2D eigenvalue weighted by molar-refractivity contribution is 0.940. The predicted molar refractivity (Wildman–Crippen MR) is 53.6 cm³/mol. The summed E-state index contributed by atoms with van der Waals surface area (Å²) >= 11 is 0. The topological polar surface area (TPSA) is 98.9 Å². The standard InChI is InChI=1S/2C3H4N2.C2H3N3/c1-2-5-3-4-1;2*1-2-4-5-3-1/h2*1-3H,(H,4,5);1-2H,(H,3,4,5). The van der Waals surface area contributed by atoms with E-state index in [2.05, 4.69) is 35.6 Å². The van der Waals surface area contributed by atoms with Crippen molar-refractivity contribution in [3.8, 4) is 0 Å². The summed E-state index contributed by atoms with van der Waals surface area (Å²) in [7, 11) is 0. The van der Waals surface area contributed by atoms with Gasteiger partial charge < -0.3 is 4.98 Å². The fourth-order valence-corrected chi connectivity index (χ4v) is 0.597. The number of hydrogen-bond donors (Lipinski definition) is 3. The number of rotatable bonds is 0. The van der Waals surface area contributed by atoms with E-state index in [-0.39, 0.29) is 0 Å². The molecule has 7 nitrogen and oxygen atoms in total. The van der Waals surface area contributed by atoms with Gasteiger partial charge in [-0.25, -0.2) is 4.98 Å². The average molecular weight is 205 g/mol. The molecule has 0 aliphatic carbocycles. The molecule has 0 amide bonds. The summed E-state index contributed by atoms with van der Waals surface area (Å²) in [5.74, 6) is 0. The van der Waals surface area contributed by atoms with Crippen molar-refractivity contribution in [3.63, 3.8) is 0 Å². The number of nitrogens with zero attached hydrogens (tertiary/aromatic N) is 4. The summed E-state index contributed by atoms with van der Waals surface area (Å²) in [6.45, 7) is 0. The van der Waals surface area contributed by atoms with Gasteiger partial charge >= 0.3 is 0 Å². The molecule has 0 aliphatic rings. The van der Waals surface area contributed by atoms with E-state index in [1.165, 1.54) is 0 Å². The van der Waals surface area contributed by atoms with Crippen LogP contribution in [0, 0.1) is 0 Å². The molecule has 0 saturated heterocycles. The Morgan fingerprint density at radius 1 is 0.800 bits per heavy atom. The van der Waals surface area contributed by atoms with E-state index in [4.69, 9.17) is 0 Å². The van der Waals surface area contributed by atoms with Crippen molar-refractivity contribution < 1.29 is 0 Å². The molecular weight excluding hydrogens is 194 g/mol. The highest BCUT2D eigenvalue weighted by Gasteiger charge is 1.57. The number of nitrogens with one attached hydrogen (secondary N) is 3. The first-order valence-corrected chi connectivity index (χ1v) is 4.16. The second-order valence-electron chi connectivity index (χ2n) is 2.18. The van der Waals surface area contributed by atoms with Crippen LogP contribution in [0.1, 0.15) is 0 Å². The molecule has 15 heavy (non-hydrogen) atoms. The molecule has 0 aliphatic heterocycles. The van der Waals surface area contributed by atoms with Crippen molar-refractivity contribution in [1.29, 1.82) is 0 Å². The molecule has 0 atom stereocenters. The Hall–Kier alpha value is -2.44. The number of H-pyrrole nitrogens is 3. The summed E-state index contributed by atoms with van der Waals surface area (Å²) in [6.07, 6.45) is 11.7. The van der Waals surface area contributed by atoms with Crippen LogP contribution in [0.4, 0.5) is 0 Å². The largest absolute Gasteiger partial charge is 0.351 e. The van der Waals surface area contributed by atoms with Gasteiger partial charge in [-0.3, -0.25) is 5.10 Å². The summed E-state index contributed by atoms with van der Waals surface area (Å²) in [4.78, 5) is 6.42. The monoisotopic (exact) mass is 205 g/mol. The van der Waals surface area contributed by atoms with Gasteiger partial charge in [-0.05, 0) is 6.07 Å². The number of hydrogen-bond acceptors (Lipinski definition) is 4. The van der Waals surface area contributed by atoms with Crippen LogP contribution in [0.2, 0.25) is 0 Å². The van der Waals surface area contributed by atoms with Crippen molar-refractivity contribution in [2.24, 2.45) is 0 Å². The van der Waals surface area contributed by atoms with Crippen LogP contribution in [0.15, 0.2) is 49.6 Å². The highest BCUT2D eigenvalue weighted by Crippen LogP contribution is 1.64. The minimum Gasteiger partial charge on any atom is -0.351 e. The van der Waals surface area contributed by atoms with Crippen molar-refractivity contribution in [3.05, 3.63) is 49.6 Å². The molecule has 3 aromatic rings. The molecule has 0 aromatic carbocycles. The van der Waals surface area contributed by atoms with Crippen LogP contribution in [-0.2, 0) is 0 Å². The van der Waals surface area contributed by atoms with E-state index < -0.39 is 0 Å². The second-order valence-corrected chi connectivity index (χ2v) is 2.18. The quantitative estimate of drug-likeness (QED) is 0.501. The van der Waals surface area contributed by atoms with Crippen LogP contribution in [-0.4, -0.2) is 35.6 Å². The maximum atomic E-state index is 3.67. The zero-order valence-electron chi connectivity index (χ0n) is 7.91. The number of aromatic amines is 3. The Balaban J connectivity index is 0.000000112. The number of imidazole rings is 1. The lowest BCUT2D eigenvalue weighted by Gasteiger charge is -1.49. The minimum absolute atomic E-state index is 1.58. The molecule has 3 aromatic heterocycles. The third kappa shape index (κ3) is 6.70. The molecule has 7 heteroatoms. The summed E-state index contributed by atoms with van der Waals surface area (Å²) in [6, 6.07) is 1.83. The van der Waals surface area contributed by atoms with E-state index >= 15 is 0 Å². The first-order valence-electron chi connectivity index (χ1n) is 4.16. The van der Waals surface area contributed by atoms with Gasteiger partial charge in [-0.2, -0.15) is 20.5 Å². The molecule has 0 radical (unpaired) electrons. The zero-order chi connectivity index (χ0) is 10.6. The first-order chi connectivity index (χ1) is 7.50. The number of aromatic nitrogens is 7. The molecule has 78 valence electrons. The maximum absolute atomic E-state index is 3.67. The van der Waals surface area contributed by atoms with E-state index in [0.29, 0.717) is 0 Å². The van der Waals surface area contributed by atoms with E-state index in [0.717, 1.165) is 0 Å². The lowest BCUT2D eigenvalue weighted by atomic mass is 10.8. The van der Waals surface area contributed by atoms with Gasteiger partial charge in [-0.1, -0.05) is 0 Å². The zero-order valence-corrected chi connectivity index (χ0v) is 7.91. The molecule has 0 bridgehead atoms. The minimum atomic E-state index is 1.58. The second kappa shape index (κ2) is 8.17. The van der Waals surface area contributed by atoms with Gasteiger partial charge in [0.2, 0.25) is 0 Å². The third-order valence-electron chi connectivity index (χ3n) is 1.14. The van der Waals surface area contributed by atoms with Crippen LogP contribution in [0.3, 0.4) is 0 Å². The molecular formula is C8H11N7. The van der Waals surface area contributed by atoms with E-state index in [1.54, 1.807) is 43.5 Å². The Bertz CT molecular complexity index is 247. The Morgan fingerprint density at radius 2 is 1.67 bits per heavy atom. The van der Waals surface area contributed by atoms with Crippen LogP contribution >= 0.6 is 0 Å². The van der Waals surface area contributed by atoms with E-state index in [1.807, 2.05) is 6.07 Å². The molecule has 3 heterocycles. The van der Waals surface area contributed by atoms with Crippen molar-refractivity contribution in [2.75, 3.05) is 0 Å². The normalized spacial score (nSPS) is 8.00. The highest BCUT2D eigenvalue weighted by molar-refractivity contribution is 4.72. The SMILES string of the molecule is c1c[nH]cn1.c1cn[nH]c1.c1cn[nH]n1. The fourth-order valence-electron chi connectivity index (χ4n) is 0.597.